The van der Waals surface area contributed by atoms with Gasteiger partial charge in [-0.2, -0.15) is 0 Å². The van der Waals surface area contributed by atoms with Gasteiger partial charge in [-0.05, 0) is 37.6 Å². The van der Waals surface area contributed by atoms with E-state index in [2.05, 4.69) is 22.2 Å². The summed E-state index contributed by atoms with van der Waals surface area (Å²) in [5, 5.41) is 3.34. The topological polar surface area (TPSA) is 62.3 Å². The predicted octanol–water partition coefficient (Wildman–Crippen LogP) is 0.333. The smallest absolute Gasteiger partial charge is 0.151 e. The second kappa shape index (κ2) is 7.15. The van der Waals surface area contributed by atoms with Crippen LogP contribution in [0.1, 0.15) is 12.0 Å². The summed E-state index contributed by atoms with van der Waals surface area (Å²) in [5.74, 6) is 0.635. The Morgan fingerprint density at radius 1 is 1.35 bits per heavy atom. The van der Waals surface area contributed by atoms with E-state index in [1.807, 2.05) is 24.5 Å². The molecule has 0 aromatic carbocycles. The molecule has 112 valence electrons. The van der Waals surface area contributed by atoms with Gasteiger partial charge in [0, 0.05) is 38.1 Å². The number of rotatable bonds is 7. The van der Waals surface area contributed by atoms with Gasteiger partial charge in [0.25, 0.3) is 0 Å². The molecule has 1 unspecified atom stereocenters. The van der Waals surface area contributed by atoms with Crippen molar-refractivity contribution in [3.05, 3.63) is 30.1 Å². The fraction of sp³-hybridized carbons (Fsp3) is 0.643. The Kier molecular flexibility index (Phi) is 5.51. The van der Waals surface area contributed by atoms with Crippen LogP contribution in [0, 0.1) is 0 Å². The summed E-state index contributed by atoms with van der Waals surface area (Å²) >= 11 is 0. The summed E-state index contributed by atoms with van der Waals surface area (Å²) in [6, 6.07) is 4.22. The van der Waals surface area contributed by atoms with Gasteiger partial charge in [-0.3, -0.25) is 4.98 Å². The molecule has 0 spiro atoms. The van der Waals surface area contributed by atoms with E-state index in [1.165, 1.54) is 5.56 Å². The van der Waals surface area contributed by atoms with Crippen LogP contribution in [0.15, 0.2) is 24.5 Å². The summed E-state index contributed by atoms with van der Waals surface area (Å²) in [6.07, 6.45) is 5.40. The summed E-state index contributed by atoms with van der Waals surface area (Å²) in [7, 11) is -0.683. The minimum Gasteiger partial charge on any atom is -0.312 e. The van der Waals surface area contributed by atoms with Crippen LogP contribution in [0.2, 0.25) is 0 Å². The molecular weight excluding hydrogens is 274 g/mol. The zero-order valence-electron chi connectivity index (χ0n) is 12.0. The van der Waals surface area contributed by atoms with E-state index in [0.717, 1.165) is 32.5 Å². The van der Waals surface area contributed by atoms with Crippen LogP contribution in [0.5, 0.6) is 0 Å². The van der Waals surface area contributed by atoms with Gasteiger partial charge in [-0.15, -0.1) is 0 Å². The van der Waals surface area contributed by atoms with E-state index in [-0.39, 0.29) is 6.04 Å². The number of nitrogens with one attached hydrogen (secondary N) is 1. The SMILES string of the molecule is CN(CCNC1CCS(=O)(=O)C1)CCc1ccncc1. The third-order valence-electron chi connectivity index (χ3n) is 3.69. The Morgan fingerprint density at radius 3 is 2.75 bits per heavy atom. The van der Waals surface area contributed by atoms with Crippen LogP contribution in [-0.4, -0.2) is 62.5 Å². The van der Waals surface area contributed by atoms with E-state index in [4.69, 9.17) is 0 Å². The van der Waals surface area contributed by atoms with Crippen molar-refractivity contribution in [2.24, 2.45) is 0 Å². The minimum absolute atomic E-state index is 0.147. The van der Waals surface area contributed by atoms with Crippen molar-refractivity contribution >= 4 is 9.84 Å². The first-order valence-corrected chi connectivity index (χ1v) is 8.88. The lowest BCUT2D eigenvalue weighted by Gasteiger charge is -2.18. The van der Waals surface area contributed by atoms with Crippen LogP contribution in [0.25, 0.3) is 0 Å². The molecule has 2 heterocycles. The van der Waals surface area contributed by atoms with Crippen molar-refractivity contribution in [2.45, 2.75) is 18.9 Å². The molecule has 5 nitrogen and oxygen atoms in total. The molecule has 20 heavy (non-hydrogen) atoms. The highest BCUT2D eigenvalue weighted by Gasteiger charge is 2.27. The average Bonchev–Trinajstić information content (AvgIpc) is 2.77. The maximum atomic E-state index is 11.3. The van der Waals surface area contributed by atoms with Crippen LogP contribution >= 0.6 is 0 Å². The van der Waals surface area contributed by atoms with E-state index in [1.54, 1.807) is 0 Å². The van der Waals surface area contributed by atoms with Gasteiger partial charge in [0.1, 0.15) is 0 Å². The standard InChI is InChI=1S/C14H23N3O2S/c1-17(9-4-13-2-6-15-7-3-13)10-8-16-14-5-11-20(18,19)12-14/h2-3,6-7,14,16H,4-5,8-12H2,1H3. The molecule has 2 rings (SSSR count). The monoisotopic (exact) mass is 297 g/mol. The van der Waals surface area contributed by atoms with Gasteiger partial charge in [0.15, 0.2) is 9.84 Å². The van der Waals surface area contributed by atoms with Crippen LogP contribution in [0.4, 0.5) is 0 Å². The Morgan fingerprint density at radius 2 is 2.10 bits per heavy atom. The molecule has 0 bridgehead atoms. The molecule has 1 fully saturated rings. The van der Waals surface area contributed by atoms with E-state index in [9.17, 15) is 8.42 Å². The predicted molar refractivity (Wildman–Crippen MR) is 80.5 cm³/mol. The third kappa shape index (κ3) is 5.19. The second-order valence-electron chi connectivity index (χ2n) is 5.46. The maximum Gasteiger partial charge on any atom is 0.151 e. The lowest BCUT2D eigenvalue weighted by atomic mass is 10.2. The van der Waals surface area contributed by atoms with Crippen LogP contribution < -0.4 is 5.32 Å². The first kappa shape index (κ1) is 15.4. The number of pyridine rings is 1. The summed E-state index contributed by atoms with van der Waals surface area (Å²) in [5.41, 5.74) is 1.29. The van der Waals surface area contributed by atoms with Crippen molar-refractivity contribution in [1.29, 1.82) is 0 Å². The van der Waals surface area contributed by atoms with Crippen molar-refractivity contribution in [3.8, 4) is 0 Å². The summed E-state index contributed by atoms with van der Waals surface area (Å²) in [6.45, 7) is 2.77. The molecule has 1 aromatic heterocycles. The van der Waals surface area contributed by atoms with E-state index in [0.29, 0.717) is 11.5 Å². The van der Waals surface area contributed by atoms with Crippen molar-refractivity contribution in [1.82, 2.24) is 15.2 Å². The minimum atomic E-state index is -2.77. The van der Waals surface area contributed by atoms with Gasteiger partial charge in [-0.1, -0.05) is 0 Å². The van der Waals surface area contributed by atoms with Crippen molar-refractivity contribution in [3.63, 3.8) is 0 Å². The number of hydrogen-bond acceptors (Lipinski definition) is 5. The largest absolute Gasteiger partial charge is 0.312 e. The number of likely N-dealkylation sites (N-methyl/N-ethyl adjacent to an activating group) is 1. The lowest BCUT2D eigenvalue weighted by Crippen LogP contribution is -2.37. The fourth-order valence-electron chi connectivity index (χ4n) is 2.40. The highest BCUT2D eigenvalue weighted by atomic mass is 32.2. The Hall–Kier alpha value is -0.980. The lowest BCUT2D eigenvalue weighted by molar-refractivity contribution is 0.329. The quantitative estimate of drug-likeness (QED) is 0.786. The molecule has 6 heteroatoms. The Labute approximate surface area is 121 Å². The maximum absolute atomic E-state index is 11.3. The Bertz CT molecular complexity index is 504. The molecule has 1 aliphatic rings. The molecule has 0 radical (unpaired) electrons. The molecule has 1 aromatic rings. The van der Waals surface area contributed by atoms with Crippen LogP contribution in [-0.2, 0) is 16.3 Å². The molecule has 0 saturated carbocycles. The van der Waals surface area contributed by atoms with E-state index >= 15 is 0 Å². The summed E-state index contributed by atoms with van der Waals surface area (Å²) < 4.78 is 22.7. The van der Waals surface area contributed by atoms with Crippen molar-refractivity contribution < 1.29 is 8.42 Å². The highest BCUT2D eigenvalue weighted by Crippen LogP contribution is 2.10. The molecular formula is C14H23N3O2S. The average molecular weight is 297 g/mol. The molecule has 0 amide bonds. The normalized spacial score (nSPS) is 21.4. The molecule has 1 aliphatic heterocycles. The third-order valence-corrected chi connectivity index (χ3v) is 5.46. The number of hydrogen-bond donors (Lipinski definition) is 1. The number of nitrogens with zero attached hydrogens (tertiary/aromatic N) is 2. The second-order valence-corrected chi connectivity index (χ2v) is 7.69. The molecule has 0 aliphatic carbocycles. The number of sulfone groups is 1. The van der Waals surface area contributed by atoms with Gasteiger partial charge in [-0.25, -0.2) is 8.42 Å². The zero-order valence-corrected chi connectivity index (χ0v) is 12.8. The van der Waals surface area contributed by atoms with Gasteiger partial charge in [0.05, 0.1) is 11.5 Å². The summed E-state index contributed by atoms with van der Waals surface area (Å²) in [4.78, 5) is 6.27. The number of aromatic nitrogens is 1. The zero-order chi connectivity index (χ0) is 14.4. The van der Waals surface area contributed by atoms with Gasteiger partial charge >= 0.3 is 0 Å². The van der Waals surface area contributed by atoms with Gasteiger partial charge < -0.3 is 10.2 Å². The molecule has 1 N–H and O–H groups in total. The highest BCUT2D eigenvalue weighted by molar-refractivity contribution is 7.91. The van der Waals surface area contributed by atoms with E-state index < -0.39 is 9.84 Å². The first-order chi connectivity index (χ1) is 9.55. The van der Waals surface area contributed by atoms with Crippen molar-refractivity contribution in [2.75, 3.05) is 38.2 Å². The molecule has 1 saturated heterocycles. The van der Waals surface area contributed by atoms with Crippen LogP contribution in [0.3, 0.4) is 0 Å². The Balaban J connectivity index is 1.60. The van der Waals surface area contributed by atoms with Gasteiger partial charge in [0.2, 0.25) is 0 Å². The fourth-order valence-corrected chi connectivity index (χ4v) is 4.10. The first-order valence-electron chi connectivity index (χ1n) is 7.06. The molecule has 1 atom stereocenters.